The summed E-state index contributed by atoms with van der Waals surface area (Å²) in [4.78, 5) is 4.88. The molecule has 20 heavy (non-hydrogen) atoms. The highest BCUT2D eigenvalue weighted by molar-refractivity contribution is 7.09. The molecule has 2 unspecified atom stereocenters. The highest BCUT2D eigenvalue weighted by atomic mass is 32.1. The van der Waals surface area contributed by atoms with Crippen molar-refractivity contribution in [2.75, 3.05) is 6.54 Å². The number of hydrogen-bond donors (Lipinski definition) is 1. The van der Waals surface area contributed by atoms with Crippen molar-refractivity contribution in [3.63, 3.8) is 0 Å². The van der Waals surface area contributed by atoms with E-state index in [0.717, 1.165) is 19.0 Å². The number of rotatable bonds is 5. The number of nitrogens with zero attached hydrogens (tertiary/aromatic N) is 1. The summed E-state index contributed by atoms with van der Waals surface area (Å²) in [6.45, 7) is 12.6. The minimum absolute atomic E-state index is 0.177. The fourth-order valence-corrected chi connectivity index (χ4v) is 4.34. The van der Waals surface area contributed by atoms with Gasteiger partial charge in [0.1, 0.15) is 0 Å². The summed E-state index contributed by atoms with van der Waals surface area (Å²) < 4.78 is 0. The Morgan fingerprint density at radius 2 is 2.20 bits per heavy atom. The molecule has 2 rings (SSSR count). The summed E-state index contributed by atoms with van der Waals surface area (Å²) in [5.74, 6) is 0. The maximum absolute atomic E-state index is 4.88. The Bertz CT molecular complexity index is 432. The minimum atomic E-state index is 0.177. The van der Waals surface area contributed by atoms with Crippen LogP contribution in [0.5, 0.6) is 0 Å². The van der Waals surface area contributed by atoms with Gasteiger partial charge in [0.2, 0.25) is 0 Å². The lowest BCUT2D eigenvalue weighted by molar-refractivity contribution is 0.321. The van der Waals surface area contributed by atoms with Crippen LogP contribution >= 0.6 is 11.3 Å². The van der Waals surface area contributed by atoms with Gasteiger partial charge in [0.05, 0.1) is 10.7 Å². The molecular formula is C17H30N2S. The second-order valence-corrected chi connectivity index (χ2v) is 8.70. The van der Waals surface area contributed by atoms with Crippen molar-refractivity contribution in [3.8, 4) is 0 Å². The Labute approximate surface area is 128 Å². The van der Waals surface area contributed by atoms with Gasteiger partial charge < -0.3 is 5.32 Å². The van der Waals surface area contributed by atoms with E-state index in [1.54, 1.807) is 0 Å². The average Bonchev–Trinajstić information content (AvgIpc) is 2.94. The smallest absolute Gasteiger partial charge is 0.0933 e. The SMILES string of the molecule is CCCNC1CCC(C)(Cc2nc(C(C)(C)C)cs2)C1. The molecular weight excluding hydrogens is 264 g/mol. The molecule has 0 saturated heterocycles. The molecule has 1 fully saturated rings. The first-order valence-corrected chi connectivity index (χ1v) is 8.89. The highest BCUT2D eigenvalue weighted by Crippen LogP contribution is 2.41. The Balaban J connectivity index is 1.94. The van der Waals surface area contributed by atoms with Crippen LogP contribution in [0.2, 0.25) is 0 Å². The predicted octanol–water partition coefficient (Wildman–Crippen LogP) is 4.54. The van der Waals surface area contributed by atoms with Crippen molar-refractivity contribution in [1.82, 2.24) is 10.3 Å². The van der Waals surface area contributed by atoms with Gasteiger partial charge in [0, 0.05) is 23.3 Å². The summed E-state index contributed by atoms with van der Waals surface area (Å²) >= 11 is 1.85. The van der Waals surface area contributed by atoms with Gasteiger partial charge in [-0.05, 0) is 37.6 Å². The highest BCUT2D eigenvalue weighted by Gasteiger charge is 2.35. The maximum atomic E-state index is 4.88. The van der Waals surface area contributed by atoms with E-state index >= 15 is 0 Å². The fraction of sp³-hybridized carbons (Fsp3) is 0.824. The predicted molar refractivity (Wildman–Crippen MR) is 88.6 cm³/mol. The molecule has 0 aliphatic heterocycles. The van der Waals surface area contributed by atoms with Crippen molar-refractivity contribution in [2.45, 2.75) is 78.2 Å². The second kappa shape index (κ2) is 6.15. The summed E-state index contributed by atoms with van der Waals surface area (Å²) in [5.41, 5.74) is 1.87. The normalized spacial score (nSPS) is 27.1. The number of aromatic nitrogens is 1. The van der Waals surface area contributed by atoms with E-state index in [0.29, 0.717) is 5.41 Å². The second-order valence-electron chi connectivity index (χ2n) is 7.76. The van der Waals surface area contributed by atoms with E-state index in [1.165, 1.54) is 36.4 Å². The Morgan fingerprint density at radius 1 is 1.45 bits per heavy atom. The molecule has 3 heteroatoms. The largest absolute Gasteiger partial charge is 0.314 e. The van der Waals surface area contributed by atoms with Gasteiger partial charge in [-0.25, -0.2) is 4.98 Å². The lowest BCUT2D eigenvalue weighted by Gasteiger charge is -2.23. The molecule has 2 nitrogen and oxygen atoms in total. The van der Waals surface area contributed by atoms with E-state index in [1.807, 2.05) is 11.3 Å². The Kier molecular flexibility index (Phi) is 4.91. The molecule has 0 aromatic carbocycles. The minimum Gasteiger partial charge on any atom is -0.314 e. The third kappa shape index (κ3) is 4.05. The van der Waals surface area contributed by atoms with Crippen molar-refractivity contribution in [2.24, 2.45) is 5.41 Å². The number of nitrogens with one attached hydrogen (secondary N) is 1. The standard InChI is InChI=1S/C17H30N2S/c1-6-9-18-13-7-8-17(5,10-13)11-15-19-14(12-20-15)16(2,3)4/h12-13,18H,6-11H2,1-5H3. The van der Waals surface area contributed by atoms with Crippen LogP contribution in [-0.2, 0) is 11.8 Å². The summed E-state index contributed by atoms with van der Waals surface area (Å²) in [7, 11) is 0. The molecule has 2 atom stereocenters. The Hall–Kier alpha value is -0.410. The van der Waals surface area contributed by atoms with Crippen LogP contribution in [0.15, 0.2) is 5.38 Å². The number of hydrogen-bond acceptors (Lipinski definition) is 3. The lowest BCUT2D eigenvalue weighted by atomic mass is 9.85. The van der Waals surface area contributed by atoms with Crippen LogP contribution in [0, 0.1) is 5.41 Å². The lowest BCUT2D eigenvalue weighted by Crippen LogP contribution is -2.29. The third-order valence-corrected chi connectivity index (χ3v) is 5.27. The van der Waals surface area contributed by atoms with Crippen LogP contribution in [0.25, 0.3) is 0 Å². The molecule has 1 aromatic heterocycles. The van der Waals surface area contributed by atoms with Crippen LogP contribution in [0.4, 0.5) is 0 Å². The van der Waals surface area contributed by atoms with Crippen molar-refractivity contribution in [3.05, 3.63) is 16.1 Å². The molecule has 114 valence electrons. The van der Waals surface area contributed by atoms with E-state index in [9.17, 15) is 0 Å². The third-order valence-electron chi connectivity index (χ3n) is 4.42. The fourth-order valence-electron chi connectivity index (χ4n) is 3.11. The Morgan fingerprint density at radius 3 is 2.80 bits per heavy atom. The molecule has 0 spiro atoms. The molecule has 0 amide bonds. The first-order valence-electron chi connectivity index (χ1n) is 8.01. The maximum Gasteiger partial charge on any atom is 0.0933 e. The monoisotopic (exact) mass is 294 g/mol. The first-order chi connectivity index (χ1) is 9.32. The van der Waals surface area contributed by atoms with Gasteiger partial charge in [-0.3, -0.25) is 0 Å². The van der Waals surface area contributed by atoms with Crippen molar-refractivity contribution < 1.29 is 0 Å². The summed E-state index contributed by atoms with van der Waals surface area (Å²) in [6, 6.07) is 0.724. The summed E-state index contributed by atoms with van der Waals surface area (Å²) in [5, 5.41) is 7.26. The van der Waals surface area contributed by atoms with E-state index in [4.69, 9.17) is 4.98 Å². The molecule has 1 aliphatic carbocycles. The molecule has 1 heterocycles. The van der Waals surface area contributed by atoms with E-state index < -0.39 is 0 Å². The molecule has 0 radical (unpaired) electrons. The topological polar surface area (TPSA) is 24.9 Å². The molecule has 1 N–H and O–H groups in total. The van der Waals surface area contributed by atoms with Gasteiger partial charge in [0.15, 0.2) is 0 Å². The van der Waals surface area contributed by atoms with E-state index in [-0.39, 0.29) is 5.41 Å². The zero-order valence-corrected chi connectivity index (χ0v) is 14.6. The van der Waals surface area contributed by atoms with Crippen LogP contribution < -0.4 is 5.32 Å². The molecule has 1 aliphatic rings. The molecule has 1 aromatic rings. The van der Waals surface area contributed by atoms with Gasteiger partial charge in [0.25, 0.3) is 0 Å². The van der Waals surface area contributed by atoms with Gasteiger partial charge in [-0.2, -0.15) is 0 Å². The molecule has 0 bridgehead atoms. The van der Waals surface area contributed by atoms with Gasteiger partial charge in [-0.1, -0.05) is 34.6 Å². The van der Waals surface area contributed by atoms with Gasteiger partial charge in [-0.15, -0.1) is 11.3 Å². The quantitative estimate of drug-likeness (QED) is 0.862. The zero-order valence-electron chi connectivity index (χ0n) is 13.8. The van der Waals surface area contributed by atoms with Crippen LogP contribution in [0.1, 0.15) is 71.0 Å². The number of thiazole rings is 1. The van der Waals surface area contributed by atoms with Gasteiger partial charge >= 0.3 is 0 Å². The zero-order chi connectivity index (χ0) is 14.8. The van der Waals surface area contributed by atoms with Crippen LogP contribution in [0.3, 0.4) is 0 Å². The van der Waals surface area contributed by atoms with Crippen molar-refractivity contribution >= 4 is 11.3 Å². The average molecular weight is 295 g/mol. The molecule has 1 saturated carbocycles. The van der Waals surface area contributed by atoms with E-state index in [2.05, 4.69) is 45.3 Å². The summed E-state index contributed by atoms with van der Waals surface area (Å²) in [6.07, 6.45) is 6.34. The first kappa shape index (κ1) is 16.0. The van der Waals surface area contributed by atoms with Crippen molar-refractivity contribution in [1.29, 1.82) is 0 Å². The van der Waals surface area contributed by atoms with Crippen LogP contribution in [-0.4, -0.2) is 17.6 Å².